The molecule has 2 aromatic carbocycles. The van der Waals surface area contributed by atoms with E-state index in [-0.39, 0.29) is 34.6 Å². The quantitative estimate of drug-likeness (QED) is 0.107. The van der Waals surface area contributed by atoms with E-state index in [9.17, 15) is 18.8 Å². The van der Waals surface area contributed by atoms with Crippen LogP contribution in [0.5, 0.6) is 5.88 Å². The van der Waals surface area contributed by atoms with Gasteiger partial charge in [0.2, 0.25) is 11.8 Å². The Balaban J connectivity index is 0.00000349. The third-order valence-corrected chi connectivity index (χ3v) is 17.8. The van der Waals surface area contributed by atoms with E-state index in [1.54, 1.807) is 43.4 Å². The van der Waals surface area contributed by atoms with Crippen molar-refractivity contribution in [1.29, 1.82) is 5.26 Å². The van der Waals surface area contributed by atoms with Crippen LogP contribution in [-0.2, 0) is 31.2 Å². The number of nitriles is 1. The predicted molar refractivity (Wildman–Crippen MR) is 301 cm³/mol. The Labute approximate surface area is 459 Å². The van der Waals surface area contributed by atoms with Gasteiger partial charge in [-0.25, -0.2) is 8.78 Å². The largest absolute Gasteiger partial charge is 0.473 e. The summed E-state index contributed by atoms with van der Waals surface area (Å²) in [7, 11) is 1.80. The van der Waals surface area contributed by atoms with E-state index in [4.69, 9.17) is 21.4 Å². The van der Waals surface area contributed by atoms with Crippen molar-refractivity contribution in [3.05, 3.63) is 87.8 Å². The monoisotopic (exact) mass is 1080 g/mol. The Kier molecular flexibility index (Phi) is 17.2. The molecule has 76 heavy (non-hydrogen) atoms. The molecule has 3 fully saturated rings. The van der Waals surface area contributed by atoms with Crippen LogP contribution in [0.4, 0.5) is 31.8 Å². The highest BCUT2D eigenvalue weighted by atomic mass is 35.5. The van der Waals surface area contributed by atoms with Gasteiger partial charge in [0.05, 0.1) is 29.4 Å². The third-order valence-electron chi connectivity index (χ3n) is 17.5. The second kappa shape index (κ2) is 23.7. The van der Waals surface area contributed by atoms with Crippen molar-refractivity contribution in [1.82, 2.24) is 39.6 Å². The number of piperidine rings is 2. The van der Waals surface area contributed by atoms with Crippen LogP contribution in [0.15, 0.2) is 54.9 Å². The number of carbonyl (C=O) groups is 1. The predicted octanol–water partition coefficient (Wildman–Crippen LogP) is 11.6. The highest BCUT2D eigenvalue weighted by Gasteiger charge is 2.40. The molecule has 5 aromatic rings. The molecule has 0 radical (unpaired) electrons. The van der Waals surface area contributed by atoms with Crippen LogP contribution in [0.2, 0.25) is 5.02 Å². The summed E-state index contributed by atoms with van der Waals surface area (Å²) in [5.74, 6) is 2.88. The van der Waals surface area contributed by atoms with Crippen molar-refractivity contribution in [2.24, 2.45) is 18.4 Å². The number of benzene rings is 2. The SMILES string of the molecule is CCN(CC1(CC)CCN(c2ccc(OC3CCN(CC4CCC(n5nc(N6CCCc7cc(-c8cnn(C)c8)c(C(F)F)cc76)c6c5CCN(C(C)=O)C6)CC4)C(C)(C)C3)nn2)CC1)c1ccc(C#N)c(Cl)c1.CS. The molecule has 14 nitrogen and oxygen atoms in total. The minimum Gasteiger partial charge on any atom is -0.473 e. The zero-order chi connectivity index (χ0) is 53.9. The number of nitrogens with zero attached hydrogens (tertiary/aromatic N) is 12. The molecule has 1 unspecified atom stereocenters. The van der Waals surface area contributed by atoms with Gasteiger partial charge in [-0.3, -0.25) is 19.1 Å². The van der Waals surface area contributed by atoms with E-state index >= 15 is 0 Å². The summed E-state index contributed by atoms with van der Waals surface area (Å²) in [6.45, 7) is 18.2. The highest BCUT2D eigenvalue weighted by Crippen LogP contribution is 2.45. The fraction of sp³-hybridized carbons (Fsp3) is 0.586. The number of fused-ring (bicyclic) bond motifs is 2. The molecule has 7 heterocycles. The van der Waals surface area contributed by atoms with Gasteiger partial charge in [0.25, 0.3) is 6.43 Å². The van der Waals surface area contributed by atoms with Gasteiger partial charge in [-0.15, -0.1) is 10.2 Å². The number of anilines is 4. The summed E-state index contributed by atoms with van der Waals surface area (Å²) >= 11 is 9.96. The minimum atomic E-state index is -2.65. The minimum absolute atomic E-state index is 0.00154. The van der Waals surface area contributed by atoms with E-state index in [2.05, 4.69) is 92.0 Å². The first-order valence-electron chi connectivity index (χ1n) is 27.6. The number of hydrogen-bond donors (Lipinski definition) is 1. The van der Waals surface area contributed by atoms with Crippen molar-refractivity contribution >= 4 is 53.1 Å². The Morgan fingerprint density at radius 2 is 1.76 bits per heavy atom. The number of halogens is 3. The van der Waals surface area contributed by atoms with Crippen LogP contribution in [0.1, 0.15) is 139 Å². The lowest BCUT2D eigenvalue weighted by Gasteiger charge is -2.47. The Morgan fingerprint density at radius 3 is 2.39 bits per heavy atom. The van der Waals surface area contributed by atoms with Crippen molar-refractivity contribution in [3.8, 4) is 23.1 Å². The number of carbonyl (C=O) groups excluding carboxylic acids is 1. The second-order valence-corrected chi connectivity index (χ2v) is 22.8. The lowest BCUT2D eigenvalue weighted by atomic mass is 9.75. The van der Waals surface area contributed by atoms with Gasteiger partial charge in [-0.1, -0.05) is 18.5 Å². The number of aromatic nitrogens is 6. The lowest BCUT2D eigenvalue weighted by Crippen LogP contribution is -2.54. The van der Waals surface area contributed by atoms with Gasteiger partial charge in [-0.2, -0.15) is 28.1 Å². The second-order valence-electron chi connectivity index (χ2n) is 22.4. The van der Waals surface area contributed by atoms with Crippen LogP contribution in [0, 0.1) is 22.7 Å². The molecule has 0 N–H and O–H groups in total. The van der Waals surface area contributed by atoms with Gasteiger partial charge in [0.1, 0.15) is 12.2 Å². The summed E-state index contributed by atoms with van der Waals surface area (Å²) in [6.07, 6.45) is 14.2. The van der Waals surface area contributed by atoms with Gasteiger partial charge >= 0.3 is 0 Å². The number of ether oxygens (including phenoxy) is 1. The van der Waals surface area contributed by atoms with Crippen LogP contribution < -0.4 is 19.4 Å². The number of rotatable bonds is 14. The number of amides is 1. The molecule has 0 bridgehead atoms. The van der Waals surface area contributed by atoms with Crippen LogP contribution in [0.3, 0.4) is 0 Å². The molecule has 10 rings (SSSR count). The number of aryl methyl sites for hydroxylation is 2. The van der Waals surface area contributed by atoms with E-state index < -0.39 is 6.43 Å². The van der Waals surface area contributed by atoms with Crippen LogP contribution in [0.25, 0.3) is 11.1 Å². The van der Waals surface area contributed by atoms with E-state index in [0.717, 1.165) is 150 Å². The summed E-state index contributed by atoms with van der Waals surface area (Å²) in [5.41, 5.74) is 6.95. The standard InChI is InChI=1S/C57H73ClF2N12O2.CH4S/c1-7-57(37-67(8-2)44-16-13-41(32-61)49(58)29-44)21-26-68(27-22-57)52-17-18-53(64-63-52)74-45-19-25-70(56(4,5)31-45)34-39-11-14-43(15-12-39)72-50-20-24-69(38(3)73)36-48(50)55(65-72)71-23-9-10-40-28-46(42-33-62-66(6)35-42)47(54(59)60)30-51(40)71;1-2/h13,16-18,28-30,33,35,39,43,45,54H,7-12,14-15,19-27,31,34,36-37H2,1-6H3;2H,1H3. The fourth-order valence-electron chi connectivity index (χ4n) is 12.9. The fourth-order valence-corrected chi connectivity index (χ4v) is 13.1. The lowest BCUT2D eigenvalue weighted by molar-refractivity contribution is -0.129. The van der Waals surface area contributed by atoms with Gasteiger partial charge < -0.3 is 24.3 Å². The number of hydrogen-bond acceptors (Lipinski definition) is 12. The molecular weight excluding hydrogens is 1000 g/mol. The van der Waals surface area contributed by atoms with Crippen LogP contribution >= 0.6 is 24.2 Å². The average molecular weight is 1080 g/mol. The molecule has 2 saturated heterocycles. The zero-order valence-corrected chi connectivity index (χ0v) is 47.3. The van der Waals surface area contributed by atoms with Crippen molar-refractivity contribution in [2.45, 2.75) is 142 Å². The molecule has 0 spiro atoms. The van der Waals surface area contributed by atoms with E-state index in [1.807, 2.05) is 35.2 Å². The maximum Gasteiger partial charge on any atom is 0.264 e. The smallest absolute Gasteiger partial charge is 0.264 e. The van der Waals surface area contributed by atoms with Gasteiger partial charge in [0, 0.05) is 131 Å². The zero-order valence-electron chi connectivity index (χ0n) is 45.6. The first kappa shape index (κ1) is 55.3. The first-order valence-corrected chi connectivity index (χ1v) is 28.9. The summed E-state index contributed by atoms with van der Waals surface area (Å²) in [4.78, 5) is 24.2. The Bertz CT molecular complexity index is 2850. The van der Waals surface area contributed by atoms with E-state index in [1.165, 1.54) is 5.69 Å². The van der Waals surface area contributed by atoms with Crippen molar-refractivity contribution < 1.29 is 18.3 Å². The van der Waals surface area contributed by atoms with E-state index in [0.29, 0.717) is 53.1 Å². The Hall–Kier alpha value is -5.44. The van der Waals surface area contributed by atoms with Crippen molar-refractivity contribution in [3.63, 3.8) is 0 Å². The molecule has 408 valence electrons. The molecular formula is C58H77ClF2N12O2S. The normalized spacial score (nSPS) is 21.3. The Morgan fingerprint density at radius 1 is 0.987 bits per heavy atom. The number of likely N-dealkylation sites (tertiary alicyclic amines) is 1. The molecule has 18 heteroatoms. The maximum atomic E-state index is 14.8. The number of alkyl halides is 2. The van der Waals surface area contributed by atoms with Gasteiger partial charge in [0.15, 0.2) is 11.6 Å². The molecule has 1 saturated carbocycles. The highest BCUT2D eigenvalue weighted by molar-refractivity contribution is 7.79. The summed E-state index contributed by atoms with van der Waals surface area (Å²) in [6, 6.07) is 15.8. The molecule has 3 aromatic heterocycles. The van der Waals surface area contributed by atoms with Crippen molar-refractivity contribution in [2.75, 3.05) is 73.3 Å². The molecule has 1 amide bonds. The molecule has 1 atom stereocenters. The molecule has 1 aliphatic carbocycles. The third kappa shape index (κ3) is 11.7. The topological polar surface area (TPSA) is 128 Å². The maximum absolute atomic E-state index is 14.8. The number of thiol groups is 1. The summed E-state index contributed by atoms with van der Waals surface area (Å²) < 4.78 is 40.1. The molecule has 5 aliphatic rings. The summed E-state index contributed by atoms with van der Waals surface area (Å²) in [5, 5.41) is 28.8. The molecule has 4 aliphatic heterocycles. The van der Waals surface area contributed by atoms with Crippen LogP contribution in [-0.4, -0.2) is 116 Å². The van der Waals surface area contributed by atoms with Gasteiger partial charge in [-0.05, 0) is 150 Å². The average Bonchev–Trinajstić information content (AvgIpc) is 4.06. The first-order chi connectivity index (χ1) is 36.6.